The van der Waals surface area contributed by atoms with Crippen molar-refractivity contribution >= 4 is 5.91 Å². The average molecular weight is 282 g/mol. The van der Waals surface area contributed by atoms with E-state index >= 15 is 0 Å². The van der Waals surface area contributed by atoms with E-state index in [0.717, 1.165) is 13.1 Å². The van der Waals surface area contributed by atoms with Crippen LogP contribution in [0.3, 0.4) is 0 Å². The van der Waals surface area contributed by atoms with E-state index in [1.54, 1.807) is 0 Å². The standard InChI is InChI=1S/C16H30N2O2/c1-12-10-18(11-13(2)20-12)14(3)16(19)17(4)15-8-6-5-7-9-15/h12-15H,5-11H2,1-4H3. The van der Waals surface area contributed by atoms with Gasteiger partial charge in [-0.15, -0.1) is 0 Å². The second kappa shape index (κ2) is 6.90. The molecule has 0 radical (unpaired) electrons. The molecule has 2 aliphatic rings. The molecule has 0 bridgehead atoms. The zero-order chi connectivity index (χ0) is 14.7. The molecule has 0 aromatic rings. The normalized spacial score (nSPS) is 31.0. The third-order valence-electron chi connectivity index (χ3n) is 4.82. The van der Waals surface area contributed by atoms with Crippen LogP contribution in [0.2, 0.25) is 0 Å². The van der Waals surface area contributed by atoms with E-state index in [0.29, 0.717) is 6.04 Å². The van der Waals surface area contributed by atoms with Gasteiger partial charge in [-0.2, -0.15) is 0 Å². The summed E-state index contributed by atoms with van der Waals surface area (Å²) in [5.74, 6) is 0.276. The van der Waals surface area contributed by atoms with Crippen LogP contribution in [0.4, 0.5) is 0 Å². The van der Waals surface area contributed by atoms with Gasteiger partial charge < -0.3 is 9.64 Å². The lowest BCUT2D eigenvalue weighted by molar-refractivity contribution is -0.143. The number of amides is 1. The molecular formula is C16H30N2O2. The van der Waals surface area contributed by atoms with Crippen LogP contribution in [-0.4, -0.2) is 60.1 Å². The Hall–Kier alpha value is -0.610. The minimum atomic E-state index is -0.0317. The Morgan fingerprint density at radius 2 is 1.70 bits per heavy atom. The van der Waals surface area contributed by atoms with Crippen molar-refractivity contribution in [3.63, 3.8) is 0 Å². The molecule has 4 heteroatoms. The van der Waals surface area contributed by atoms with Crippen molar-refractivity contribution in [1.29, 1.82) is 0 Å². The summed E-state index contributed by atoms with van der Waals surface area (Å²) in [5, 5.41) is 0. The van der Waals surface area contributed by atoms with E-state index in [-0.39, 0.29) is 24.2 Å². The summed E-state index contributed by atoms with van der Waals surface area (Å²) in [6.07, 6.45) is 6.63. The van der Waals surface area contributed by atoms with Gasteiger partial charge in [0.15, 0.2) is 0 Å². The molecule has 4 nitrogen and oxygen atoms in total. The molecule has 1 saturated carbocycles. The largest absolute Gasteiger partial charge is 0.373 e. The van der Waals surface area contributed by atoms with Crippen LogP contribution >= 0.6 is 0 Å². The molecule has 1 aliphatic carbocycles. The molecule has 2 rings (SSSR count). The summed E-state index contributed by atoms with van der Waals surface area (Å²) >= 11 is 0. The van der Waals surface area contributed by atoms with E-state index in [1.165, 1.54) is 32.1 Å². The highest BCUT2D eigenvalue weighted by atomic mass is 16.5. The maximum Gasteiger partial charge on any atom is 0.239 e. The fourth-order valence-electron chi connectivity index (χ4n) is 3.63. The van der Waals surface area contributed by atoms with Crippen molar-refractivity contribution in [2.75, 3.05) is 20.1 Å². The van der Waals surface area contributed by atoms with Crippen LogP contribution in [0.25, 0.3) is 0 Å². The number of rotatable bonds is 3. The van der Waals surface area contributed by atoms with Crippen molar-refractivity contribution in [3.05, 3.63) is 0 Å². The third kappa shape index (κ3) is 3.73. The van der Waals surface area contributed by atoms with E-state index in [9.17, 15) is 4.79 Å². The minimum Gasteiger partial charge on any atom is -0.373 e. The van der Waals surface area contributed by atoms with Crippen LogP contribution in [0.5, 0.6) is 0 Å². The Kier molecular flexibility index (Phi) is 5.44. The number of hydrogen-bond donors (Lipinski definition) is 0. The Balaban J connectivity index is 1.93. The Morgan fingerprint density at radius 3 is 2.25 bits per heavy atom. The summed E-state index contributed by atoms with van der Waals surface area (Å²) in [6.45, 7) is 7.94. The number of carbonyl (C=O) groups excluding carboxylic acids is 1. The molecule has 3 atom stereocenters. The van der Waals surface area contributed by atoms with Crippen molar-refractivity contribution in [1.82, 2.24) is 9.80 Å². The summed E-state index contributed by atoms with van der Waals surface area (Å²) in [4.78, 5) is 17.0. The van der Waals surface area contributed by atoms with Crippen LogP contribution in [0.1, 0.15) is 52.9 Å². The second-order valence-corrected chi connectivity index (χ2v) is 6.63. The highest BCUT2D eigenvalue weighted by molar-refractivity contribution is 5.81. The zero-order valence-electron chi connectivity index (χ0n) is 13.5. The van der Waals surface area contributed by atoms with Gasteiger partial charge in [-0.25, -0.2) is 0 Å². The van der Waals surface area contributed by atoms with Crippen molar-refractivity contribution < 1.29 is 9.53 Å². The van der Waals surface area contributed by atoms with Gasteiger partial charge in [-0.1, -0.05) is 19.3 Å². The summed E-state index contributed by atoms with van der Waals surface area (Å²) in [5.41, 5.74) is 0. The van der Waals surface area contributed by atoms with Gasteiger partial charge in [0, 0.05) is 26.2 Å². The SMILES string of the molecule is CC1CN(C(C)C(=O)N(C)C2CCCCC2)CC(C)O1. The summed E-state index contributed by atoms with van der Waals surface area (Å²) in [6, 6.07) is 0.422. The molecule has 0 spiro atoms. The fourth-order valence-corrected chi connectivity index (χ4v) is 3.63. The van der Waals surface area contributed by atoms with Crippen molar-refractivity contribution in [2.24, 2.45) is 0 Å². The first-order valence-electron chi connectivity index (χ1n) is 8.15. The van der Waals surface area contributed by atoms with Gasteiger partial charge in [0.1, 0.15) is 0 Å². The number of hydrogen-bond acceptors (Lipinski definition) is 3. The average Bonchev–Trinajstić information content (AvgIpc) is 2.45. The molecule has 2 fully saturated rings. The molecule has 1 amide bonds. The number of ether oxygens (including phenoxy) is 1. The lowest BCUT2D eigenvalue weighted by atomic mass is 9.94. The van der Waals surface area contributed by atoms with Crippen LogP contribution in [-0.2, 0) is 9.53 Å². The molecular weight excluding hydrogens is 252 g/mol. The highest BCUT2D eigenvalue weighted by Crippen LogP contribution is 2.23. The Morgan fingerprint density at radius 1 is 1.15 bits per heavy atom. The van der Waals surface area contributed by atoms with Gasteiger partial charge in [0.2, 0.25) is 5.91 Å². The smallest absolute Gasteiger partial charge is 0.239 e. The lowest BCUT2D eigenvalue weighted by Crippen LogP contribution is -2.55. The van der Waals surface area contributed by atoms with E-state index in [1.807, 2.05) is 18.9 Å². The first kappa shape index (κ1) is 15.8. The highest BCUT2D eigenvalue weighted by Gasteiger charge is 2.32. The molecule has 0 aromatic carbocycles. The predicted molar refractivity (Wildman–Crippen MR) is 80.7 cm³/mol. The molecule has 1 heterocycles. The molecule has 116 valence electrons. The monoisotopic (exact) mass is 282 g/mol. The summed E-state index contributed by atoms with van der Waals surface area (Å²) in [7, 11) is 1.99. The van der Waals surface area contributed by atoms with Gasteiger partial charge in [-0.3, -0.25) is 9.69 Å². The van der Waals surface area contributed by atoms with Gasteiger partial charge in [0.05, 0.1) is 18.2 Å². The topological polar surface area (TPSA) is 32.8 Å². The van der Waals surface area contributed by atoms with Crippen LogP contribution < -0.4 is 0 Å². The maximum atomic E-state index is 12.7. The summed E-state index contributed by atoms with van der Waals surface area (Å²) < 4.78 is 5.76. The van der Waals surface area contributed by atoms with Crippen molar-refractivity contribution in [3.8, 4) is 0 Å². The van der Waals surface area contributed by atoms with Crippen LogP contribution in [0.15, 0.2) is 0 Å². The number of carbonyl (C=O) groups is 1. The molecule has 0 aromatic heterocycles. The minimum absolute atomic E-state index is 0.0317. The third-order valence-corrected chi connectivity index (χ3v) is 4.82. The molecule has 1 aliphatic heterocycles. The van der Waals surface area contributed by atoms with E-state index in [2.05, 4.69) is 18.7 Å². The van der Waals surface area contributed by atoms with Gasteiger partial charge in [-0.05, 0) is 33.6 Å². The quantitative estimate of drug-likeness (QED) is 0.796. The van der Waals surface area contributed by atoms with Crippen molar-refractivity contribution in [2.45, 2.75) is 77.2 Å². The van der Waals surface area contributed by atoms with E-state index in [4.69, 9.17) is 4.74 Å². The molecule has 20 heavy (non-hydrogen) atoms. The first-order valence-corrected chi connectivity index (χ1v) is 8.15. The molecule has 1 saturated heterocycles. The Bertz CT molecular complexity index is 318. The first-order chi connectivity index (χ1) is 9.49. The number of likely N-dealkylation sites (N-methyl/N-ethyl adjacent to an activating group) is 1. The number of nitrogens with zero attached hydrogens (tertiary/aromatic N) is 2. The Labute approximate surface area is 123 Å². The molecule has 0 N–H and O–H groups in total. The second-order valence-electron chi connectivity index (χ2n) is 6.63. The maximum absolute atomic E-state index is 12.7. The molecule has 3 unspecified atom stereocenters. The fraction of sp³-hybridized carbons (Fsp3) is 0.938. The van der Waals surface area contributed by atoms with Gasteiger partial charge >= 0.3 is 0 Å². The van der Waals surface area contributed by atoms with E-state index < -0.39 is 0 Å². The number of morpholine rings is 1. The van der Waals surface area contributed by atoms with Crippen LogP contribution in [0, 0.1) is 0 Å². The zero-order valence-corrected chi connectivity index (χ0v) is 13.5. The van der Waals surface area contributed by atoms with Gasteiger partial charge in [0.25, 0.3) is 0 Å². The predicted octanol–water partition coefficient (Wildman–Crippen LogP) is 2.28. The lowest BCUT2D eigenvalue weighted by Gasteiger charge is -2.41.